The molecule has 0 spiro atoms. The summed E-state index contributed by atoms with van der Waals surface area (Å²) >= 11 is 0. The summed E-state index contributed by atoms with van der Waals surface area (Å²) in [6, 6.07) is 8.71. The maximum Gasteiger partial charge on any atom is 0.281 e. The van der Waals surface area contributed by atoms with Crippen molar-refractivity contribution in [2.45, 2.75) is 0 Å². The van der Waals surface area contributed by atoms with Gasteiger partial charge in [-0.3, -0.25) is 9.59 Å². The number of rotatable bonds is 1. The average molecular weight is 244 g/mol. The lowest BCUT2D eigenvalue weighted by Gasteiger charge is -2.16. The number of fused-ring (bicyclic) bond motifs is 1. The van der Waals surface area contributed by atoms with Crippen LogP contribution in [0, 0.1) is 0 Å². The molecule has 2 amide bonds. The van der Waals surface area contributed by atoms with Gasteiger partial charge in [-0.25, -0.2) is 0 Å². The molecule has 0 radical (unpaired) electrons. The quantitative estimate of drug-likeness (QED) is 0.728. The molecule has 0 aliphatic carbocycles. The molecule has 2 aromatic rings. The second-order valence-corrected chi connectivity index (χ2v) is 3.83. The zero-order chi connectivity index (χ0) is 12.9. The van der Waals surface area contributed by atoms with Crippen molar-refractivity contribution in [2.75, 3.05) is 5.01 Å². The summed E-state index contributed by atoms with van der Waals surface area (Å²) in [6.07, 6.45) is 0. The normalized spacial score (nSPS) is 14.1. The predicted molar refractivity (Wildman–Crippen MR) is 61.1 cm³/mol. The zero-order valence-corrected chi connectivity index (χ0v) is 9.07. The smallest absolute Gasteiger partial charge is 0.281 e. The van der Waals surface area contributed by atoms with E-state index in [4.69, 9.17) is 0 Å². The fourth-order valence-corrected chi connectivity index (χ4v) is 1.97. The van der Waals surface area contributed by atoms with Gasteiger partial charge in [0, 0.05) is 12.1 Å². The van der Waals surface area contributed by atoms with Crippen molar-refractivity contribution in [3.05, 3.63) is 47.5 Å². The molecule has 2 N–H and O–H groups in total. The molecular formula is C12H8N2O4. The summed E-state index contributed by atoms with van der Waals surface area (Å²) in [4.78, 5) is 24.1. The molecule has 18 heavy (non-hydrogen) atoms. The van der Waals surface area contributed by atoms with E-state index in [1.165, 1.54) is 24.3 Å². The number of benzene rings is 1. The van der Waals surface area contributed by atoms with E-state index in [1.807, 2.05) is 0 Å². The van der Waals surface area contributed by atoms with E-state index in [-0.39, 0.29) is 22.9 Å². The van der Waals surface area contributed by atoms with E-state index in [9.17, 15) is 19.8 Å². The van der Waals surface area contributed by atoms with Crippen molar-refractivity contribution < 1.29 is 19.8 Å². The fourth-order valence-electron chi connectivity index (χ4n) is 1.97. The third kappa shape index (κ3) is 1.17. The van der Waals surface area contributed by atoms with Gasteiger partial charge in [-0.2, -0.15) is 9.69 Å². The van der Waals surface area contributed by atoms with Crippen molar-refractivity contribution in [2.24, 2.45) is 0 Å². The third-order valence-corrected chi connectivity index (χ3v) is 2.79. The van der Waals surface area contributed by atoms with Gasteiger partial charge in [0.25, 0.3) is 11.8 Å². The van der Waals surface area contributed by atoms with Gasteiger partial charge in [-0.05, 0) is 12.1 Å². The molecule has 2 heterocycles. The van der Waals surface area contributed by atoms with Crippen LogP contribution in [0.3, 0.4) is 0 Å². The number of aromatic nitrogens is 1. The SMILES string of the molecule is O=C1c2ccccc2C(=O)N1n1c(O)ccc1O. The van der Waals surface area contributed by atoms with Crippen LogP contribution in [0.1, 0.15) is 20.7 Å². The minimum absolute atomic E-state index is 0.245. The first-order valence-corrected chi connectivity index (χ1v) is 5.19. The molecule has 0 fully saturated rings. The topological polar surface area (TPSA) is 82.8 Å². The molecule has 0 saturated carbocycles. The van der Waals surface area contributed by atoms with E-state index in [0.717, 1.165) is 4.68 Å². The van der Waals surface area contributed by atoms with Crippen molar-refractivity contribution in [3.8, 4) is 11.8 Å². The van der Waals surface area contributed by atoms with Gasteiger partial charge in [0.05, 0.1) is 11.1 Å². The van der Waals surface area contributed by atoms with Crippen molar-refractivity contribution in [3.63, 3.8) is 0 Å². The average Bonchev–Trinajstić information content (AvgIpc) is 2.81. The number of imide groups is 1. The molecule has 6 nitrogen and oxygen atoms in total. The zero-order valence-electron chi connectivity index (χ0n) is 9.07. The first-order valence-electron chi connectivity index (χ1n) is 5.19. The molecule has 0 unspecified atom stereocenters. The number of carbonyl (C=O) groups excluding carboxylic acids is 2. The van der Waals surface area contributed by atoms with Crippen LogP contribution in [-0.4, -0.2) is 26.7 Å². The van der Waals surface area contributed by atoms with Gasteiger partial charge in [-0.15, -0.1) is 0 Å². The van der Waals surface area contributed by atoms with Gasteiger partial charge in [0.2, 0.25) is 11.8 Å². The number of hydrogen-bond acceptors (Lipinski definition) is 4. The molecule has 3 rings (SSSR count). The van der Waals surface area contributed by atoms with Crippen LogP contribution in [-0.2, 0) is 0 Å². The van der Waals surface area contributed by atoms with Crippen LogP contribution in [0.15, 0.2) is 36.4 Å². The second kappa shape index (κ2) is 3.36. The van der Waals surface area contributed by atoms with Gasteiger partial charge >= 0.3 is 0 Å². The maximum absolute atomic E-state index is 12.1. The monoisotopic (exact) mass is 244 g/mol. The molecule has 1 aliphatic rings. The largest absolute Gasteiger partial charge is 0.493 e. The molecule has 0 bridgehead atoms. The summed E-state index contributed by atoms with van der Waals surface area (Å²) in [5, 5.41) is 19.8. The van der Waals surface area contributed by atoms with E-state index in [1.54, 1.807) is 12.1 Å². The third-order valence-electron chi connectivity index (χ3n) is 2.79. The van der Waals surface area contributed by atoms with Crippen LogP contribution in [0.4, 0.5) is 0 Å². The molecule has 1 aromatic carbocycles. The highest BCUT2D eigenvalue weighted by Gasteiger charge is 2.38. The highest BCUT2D eigenvalue weighted by Crippen LogP contribution is 2.28. The molecule has 1 aromatic heterocycles. The van der Waals surface area contributed by atoms with Crippen LogP contribution in [0.25, 0.3) is 0 Å². The number of nitrogens with zero attached hydrogens (tertiary/aromatic N) is 2. The summed E-state index contributed by atoms with van der Waals surface area (Å²) in [5.41, 5.74) is 0.491. The summed E-state index contributed by atoms with van der Waals surface area (Å²) in [6.45, 7) is 0. The number of amides is 2. The van der Waals surface area contributed by atoms with E-state index in [2.05, 4.69) is 0 Å². The molecule has 1 aliphatic heterocycles. The summed E-state index contributed by atoms with van der Waals surface area (Å²) in [7, 11) is 0. The Morgan fingerprint density at radius 1 is 0.778 bits per heavy atom. The van der Waals surface area contributed by atoms with Crippen molar-refractivity contribution in [1.29, 1.82) is 0 Å². The predicted octanol–water partition coefficient (Wildman–Crippen LogP) is 0.831. The van der Waals surface area contributed by atoms with Crippen molar-refractivity contribution in [1.82, 2.24) is 4.68 Å². The maximum atomic E-state index is 12.1. The minimum atomic E-state index is -0.586. The lowest BCUT2D eigenvalue weighted by Crippen LogP contribution is -2.39. The fraction of sp³-hybridized carbons (Fsp3) is 0. The Bertz CT molecular complexity index is 620. The minimum Gasteiger partial charge on any atom is -0.493 e. The van der Waals surface area contributed by atoms with Crippen LogP contribution in [0.2, 0.25) is 0 Å². The van der Waals surface area contributed by atoms with Gasteiger partial charge in [-0.1, -0.05) is 12.1 Å². The van der Waals surface area contributed by atoms with E-state index >= 15 is 0 Å². The Hall–Kier alpha value is -2.76. The summed E-state index contributed by atoms with van der Waals surface area (Å²) < 4.78 is 0.769. The highest BCUT2D eigenvalue weighted by molar-refractivity contribution is 6.30. The molecule has 90 valence electrons. The Labute approximate surface area is 101 Å². The van der Waals surface area contributed by atoms with Crippen molar-refractivity contribution >= 4 is 11.8 Å². The second-order valence-electron chi connectivity index (χ2n) is 3.83. The number of hydrogen-bond donors (Lipinski definition) is 2. The molecule has 0 saturated heterocycles. The Kier molecular flexibility index (Phi) is 1.94. The highest BCUT2D eigenvalue weighted by atomic mass is 16.3. The van der Waals surface area contributed by atoms with Crippen LogP contribution in [0.5, 0.6) is 11.8 Å². The first kappa shape index (κ1) is 10.4. The standard InChI is InChI=1S/C12H8N2O4/c15-9-5-6-10(16)13(9)14-11(17)7-3-1-2-4-8(7)12(14)18/h1-6,15-16H. The molecule has 0 atom stereocenters. The summed E-state index contributed by atoms with van der Waals surface area (Å²) in [5.74, 6) is -1.95. The van der Waals surface area contributed by atoms with Crippen LogP contribution >= 0.6 is 0 Å². The van der Waals surface area contributed by atoms with Crippen LogP contribution < -0.4 is 5.01 Å². The van der Waals surface area contributed by atoms with Gasteiger partial charge < -0.3 is 10.2 Å². The van der Waals surface area contributed by atoms with E-state index < -0.39 is 11.8 Å². The van der Waals surface area contributed by atoms with E-state index in [0.29, 0.717) is 5.01 Å². The number of aromatic hydroxyl groups is 2. The van der Waals surface area contributed by atoms with Gasteiger partial charge in [0.1, 0.15) is 0 Å². The Balaban J connectivity index is 2.19. The number of carbonyl (C=O) groups is 2. The lowest BCUT2D eigenvalue weighted by atomic mass is 10.1. The Morgan fingerprint density at radius 2 is 1.22 bits per heavy atom. The molecule has 6 heteroatoms. The lowest BCUT2D eigenvalue weighted by molar-refractivity contribution is 0.0875. The van der Waals surface area contributed by atoms with Gasteiger partial charge in [0.15, 0.2) is 0 Å². The first-order chi connectivity index (χ1) is 8.61. The molecular weight excluding hydrogens is 236 g/mol. The Morgan fingerprint density at radius 3 is 1.67 bits per heavy atom.